The molecule has 4 aromatic rings. The van der Waals surface area contributed by atoms with Crippen LogP contribution in [-0.2, 0) is 0 Å². The van der Waals surface area contributed by atoms with Gasteiger partial charge in [-0.25, -0.2) is 0 Å². The minimum atomic E-state index is -0.713. The first-order valence-corrected chi connectivity index (χ1v) is 14.1. The Morgan fingerprint density at radius 2 is 1.74 bits per heavy atom. The molecule has 0 bridgehead atoms. The first-order chi connectivity index (χ1) is 18.3. The Bertz CT molecular complexity index is 1580. The Morgan fingerprint density at radius 1 is 0.947 bits per heavy atom. The van der Waals surface area contributed by atoms with E-state index in [4.69, 9.17) is 13.9 Å². The minimum absolute atomic E-state index is 0.0463. The molecule has 196 valence electrons. The number of fused-ring (bicyclic) bond motifs is 2. The predicted octanol–water partition coefficient (Wildman–Crippen LogP) is 7.89. The Balaban J connectivity index is 1.70. The third kappa shape index (κ3) is 4.99. The van der Waals surface area contributed by atoms with Gasteiger partial charge < -0.3 is 13.9 Å². The number of carbonyl (C=O) groups is 1. The first kappa shape index (κ1) is 26.5. The van der Waals surface area contributed by atoms with Gasteiger partial charge in [0.2, 0.25) is 5.76 Å². The highest BCUT2D eigenvalue weighted by Crippen LogP contribution is 2.44. The van der Waals surface area contributed by atoms with Gasteiger partial charge in [0.25, 0.3) is 5.91 Å². The molecule has 8 heteroatoms. The summed E-state index contributed by atoms with van der Waals surface area (Å²) in [5.74, 6) is 1.38. The van der Waals surface area contributed by atoms with E-state index in [1.165, 1.54) is 0 Å². The third-order valence-electron chi connectivity index (χ3n) is 6.45. The van der Waals surface area contributed by atoms with Crippen molar-refractivity contribution < 1.29 is 18.7 Å². The SMILES string of the molecule is CCOc1cc(C2c3c(oc4ccc(Br)cc4c3=O)C(=O)N2c2cccc(Br)c2)ccc1OCCC(C)C. The van der Waals surface area contributed by atoms with Crippen molar-refractivity contribution in [2.45, 2.75) is 33.2 Å². The van der Waals surface area contributed by atoms with Crippen LogP contribution in [0.25, 0.3) is 11.0 Å². The minimum Gasteiger partial charge on any atom is -0.490 e. The number of ether oxygens (including phenoxy) is 2. The van der Waals surface area contributed by atoms with Crippen LogP contribution in [0.1, 0.15) is 54.9 Å². The summed E-state index contributed by atoms with van der Waals surface area (Å²) in [5, 5.41) is 0.408. The Hall–Kier alpha value is -3.10. The first-order valence-electron chi connectivity index (χ1n) is 12.5. The summed E-state index contributed by atoms with van der Waals surface area (Å²) < 4.78 is 19.6. The molecule has 0 N–H and O–H groups in total. The lowest BCUT2D eigenvalue weighted by Crippen LogP contribution is -2.29. The van der Waals surface area contributed by atoms with Crippen molar-refractivity contribution in [1.82, 2.24) is 0 Å². The summed E-state index contributed by atoms with van der Waals surface area (Å²) in [6.07, 6.45) is 0.915. The molecule has 0 fully saturated rings. The molecule has 1 aliphatic rings. The van der Waals surface area contributed by atoms with Gasteiger partial charge in [-0.05, 0) is 73.4 Å². The second-order valence-electron chi connectivity index (χ2n) is 9.54. The molecule has 1 amide bonds. The Kier molecular flexibility index (Phi) is 7.63. The van der Waals surface area contributed by atoms with E-state index >= 15 is 0 Å². The van der Waals surface area contributed by atoms with Crippen LogP contribution in [0.4, 0.5) is 5.69 Å². The largest absolute Gasteiger partial charge is 0.490 e. The summed E-state index contributed by atoms with van der Waals surface area (Å²) in [4.78, 5) is 29.4. The topological polar surface area (TPSA) is 69.0 Å². The molecule has 5 rings (SSSR count). The number of hydrogen-bond acceptors (Lipinski definition) is 5. The summed E-state index contributed by atoms with van der Waals surface area (Å²) in [6, 6.07) is 17.5. The summed E-state index contributed by atoms with van der Waals surface area (Å²) >= 11 is 6.96. The van der Waals surface area contributed by atoms with Crippen molar-refractivity contribution in [3.8, 4) is 11.5 Å². The molecule has 3 aromatic carbocycles. The number of nitrogens with zero attached hydrogens (tertiary/aromatic N) is 1. The van der Waals surface area contributed by atoms with Crippen molar-refractivity contribution in [3.63, 3.8) is 0 Å². The van der Waals surface area contributed by atoms with Crippen molar-refractivity contribution in [3.05, 3.63) is 96.7 Å². The van der Waals surface area contributed by atoms with Gasteiger partial charge in [-0.1, -0.05) is 57.8 Å². The standard InChI is InChI=1S/C30H27Br2NO5/c1-4-36-25-14-18(8-10-24(25)37-13-12-17(2)3)27-26-28(34)22-16-20(32)9-11-23(22)38-29(26)30(35)33(27)21-7-5-6-19(31)15-21/h5-11,14-17,27H,4,12-13H2,1-3H3. The lowest BCUT2D eigenvalue weighted by Gasteiger charge is -2.26. The van der Waals surface area contributed by atoms with Gasteiger partial charge in [0, 0.05) is 14.6 Å². The fourth-order valence-electron chi connectivity index (χ4n) is 4.64. The average Bonchev–Trinajstić information content (AvgIpc) is 3.18. The maximum absolute atomic E-state index is 13.9. The van der Waals surface area contributed by atoms with Crippen LogP contribution in [0.2, 0.25) is 0 Å². The zero-order valence-electron chi connectivity index (χ0n) is 21.3. The highest BCUT2D eigenvalue weighted by molar-refractivity contribution is 9.10. The number of anilines is 1. The van der Waals surface area contributed by atoms with Gasteiger partial charge in [-0.15, -0.1) is 0 Å². The molecule has 0 saturated carbocycles. The van der Waals surface area contributed by atoms with E-state index < -0.39 is 6.04 Å². The molecule has 0 spiro atoms. The molecule has 38 heavy (non-hydrogen) atoms. The van der Waals surface area contributed by atoms with Gasteiger partial charge >= 0.3 is 0 Å². The highest BCUT2D eigenvalue weighted by Gasteiger charge is 2.44. The van der Waals surface area contributed by atoms with Crippen LogP contribution < -0.4 is 19.8 Å². The maximum Gasteiger partial charge on any atom is 0.295 e. The lowest BCUT2D eigenvalue weighted by atomic mass is 9.97. The van der Waals surface area contributed by atoms with Crippen LogP contribution in [0.15, 0.2) is 78.8 Å². The van der Waals surface area contributed by atoms with E-state index in [1.807, 2.05) is 49.4 Å². The van der Waals surface area contributed by atoms with Crippen LogP contribution >= 0.6 is 31.9 Å². The van der Waals surface area contributed by atoms with Gasteiger partial charge in [-0.3, -0.25) is 14.5 Å². The lowest BCUT2D eigenvalue weighted by molar-refractivity contribution is 0.0971. The second kappa shape index (κ2) is 10.9. The zero-order valence-corrected chi connectivity index (χ0v) is 24.5. The maximum atomic E-state index is 13.9. The molecule has 1 atom stereocenters. The van der Waals surface area contributed by atoms with Crippen LogP contribution in [0.3, 0.4) is 0 Å². The molecule has 0 aliphatic carbocycles. The molecule has 6 nitrogen and oxygen atoms in total. The number of rotatable bonds is 8. The molecule has 2 heterocycles. The number of amides is 1. The smallest absolute Gasteiger partial charge is 0.295 e. The quantitative estimate of drug-likeness (QED) is 0.196. The van der Waals surface area contributed by atoms with Crippen molar-refractivity contribution in [1.29, 1.82) is 0 Å². The van der Waals surface area contributed by atoms with Crippen LogP contribution in [0, 0.1) is 5.92 Å². The van der Waals surface area contributed by atoms with Crippen molar-refractivity contribution >= 4 is 54.4 Å². The number of carbonyl (C=O) groups excluding carboxylic acids is 1. The molecule has 0 saturated heterocycles. The molecular formula is C30H27Br2NO5. The van der Waals surface area contributed by atoms with E-state index in [-0.39, 0.29) is 17.1 Å². The van der Waals surface area contributed by atoms with E-state index in [1.54, 1.807) is 23.1 Å². The summed E-state index contributed by atoms with van der Waals surface area (Å²) in [5.41, 5.74) is 1.79. The second-order valence-corrected chi connectivity index (χ2v) is 11.4. The van der Waals surface area contributed by atoms with Gasteiger partial charge in [0.15, 0.2) is 16.9 Å². The summed E-state index contributed by atoms with van der Waals surface area (Å²) in [7, 11) is 0. The van der Waals surface area contributed by atoms with Gasteiger partial charge in [0.05, 0.1) is 30.2 Å². The van der Waals surface area contributed by atoms with E-state index in [9.17, 15) is 9.59 Å². The monoisotopic (exact) mass is 639 g/mol. The molecular weight excluding hydrogens is 614 g/mol. The zero-order chi connectivity index (χ0) is 27.0. The molecule has 0 radical (unpaired) electrons. The highest BCUT2D eigenvalue weighted by atomic mass is 79.9. The van der Waals surface area contributed by atoms with Crippen LogP contribution in [0.5, 0.6) is 11.5 Å². The normalized spacial score (nSPS) is 14.8. The average molecular weight is 641 g/mol. The van der Waals surface area contributed by atoms with E-state index in [0.29, 0.717) is 52.9 Å². The van der Waals surface area contributed by atoms with Crippen molar-refractivity contribution in [2.75, 3.05) is 18.1 Å². The Labute approximate surface area is 237 Å². The fraction of sp³-hybridized carbons (Fsp3) is 0.267. The molecule has 1 aromatic heterocycles. The predicted molar refractivity (Wildman–Crippen MR) is 156 cm³/mol. The number of halogens is 2. The van der Waals surface area contributed by atoms with Crippen molar-refractivity contribution in [2.24, 2.45) is 5.92 Å². The van der Waals surface area contributed by atoms with E-state index in [0.717, 1.165) is 20.9 Å². The summed E-state index contributed by atoms with van der Waals surface area (Å²) in [6.45, 7) is 7.21. The fourth-order valence-corrected chi connectivity index (χ4v) is 5.39. The van der Waals surface area contributed by atoms with Crippen LogP contribution in [-0.4, -0.2) is 19.1 Å². The third-order valence-corrected chi connectivity index (χ3v) is 7.44. The number of benzene rings is 3. The van der Waals surface area contributed by atoms with Gasteiger partial charge in [0.1, 0.15) is 5.58 Å². The number of hydrogen-bond donors (Lipinski definition) is 0. The van der Waals surface area contributed by atoms with Gasteiger partial charge in [-0.2, -0.15) is 0 Å². The van der Waals surface area contributed by atoms with E-state index in [2.05, 4.69) is 45.7 Å². The Morgan fingerprint density at radius 3 is 2.47 bits per heavy atom. The molecule has 1 aliphatic heterocycles. The molecule has 1 unspecified atom stereocenters.